The second-order valence-corrected chi connectivity index (χ2v) is 7.91. The summed E-state index contributed by atoms with van der Waals surface area (Å²) in [5, 5.41) is 101. The highest BCUT2D eigenvalue weighted by Crippen LogP contribution is 2.37. The van der Waals surface area contributed by atoms with Gasteiger partial charge in [-0.2, -0.15) is 0 Å². The monoisotopic (exact) mass is 471 g/mol. The first-order valence-electron chi connectivity index (χ1n) is 9.69. The van der Waals surface area contributed by atoms with E-state index in [2.05, 4.69) is 5.32 Å². The number of carbonyl (C=O) groups excluding carboxylic acids is 1. The molecule has 0 radical (unpaired) electrons. The lowest BCUT2D eigenvalue weighted by Crippen LogP contribution is -2.71. The Morgan fingerprint density at radius 3 is 1.97 bits per heavy atom. The highest BCUT2D eigenvalue weighted by molar-refractivity contribution is 5.76. The molecule has 2 rings (SSSR count). The van der Waals surface area contributed by atoms with Crippen molar-refractivity contribution in [1.29, 1.82) is 0 Å². The maximum atomic E-state index is 12.1. The van der Waals surface area contributed by atoms with Gasteiger partial charge >= 0.3 is 5.97 Å². The Hall–Kier alpha value is -1.50. The molecule has 32 heavy (non-hydrogen) atoms. The third-order valence-electron chi connectivity index (χ3n) is 5.59. The lowest BCUT2D eigenvalue weighted by atomic mass is 9.84. The zero-order valence-corrected chi connectivity index (χ0v) is 16.9. The van der Waals surface area contributed by atoms with Crippen molar-refractivity contribution >= 4 is 11.9 Å². The molecule has 0 aromatic rings. The van der Waals surface area contributed by atoms with Crippen LogP contribution in [0.25, 0.3) is 0 Å². The third-order valence-corrected chi connectivity index (χ3v) is 5.59. The molecule has 2 aliphatic rings. The molecule has 0 aromatic carbocycles. The Bertz CT molecular complexity index is 664. The van der Waals surface area contributed by atoms with Gasteiger partial charge in [0.05, 0.1) is 18.8 Å². The Labute approximate surface area is 181 Å². The zero-order chi connectivity index (χ0) is 24.5. The average molecular weight is 471 g/mol. The van der Waals surface area contributed by atoms with E-state index in [0.29, 0.717) is 0 Å². The minimum absolute atomic E-state index is 0.713. The molecular weight excluding hydrogens is 442 g/mol. The van der Waals surface area contributed by atoms with Crippen LogP contribution in [0.3, 0.4) is 0 Å². The summed E-state index contributed by atoms with van der Waals surface area (Å²) in [7, 11) is 0. The average Bonchev–Trinajstić information content (AvgIpc) is 2.74. The number of carbonyl (C=O) groups is 2. The van der Waals surface area contributed by atoms with Gasteiger partial charge in [0.2, 0.25) is 5.91 Å². The number of carboxylic acid groups (broad SMARTS) is 1. The molecule has 1 aliphatic heterocycles. The summed E-state index contributed by atoms with van der Waals surface area (Å²) < 4.78 is 10.6. The Morgan fingerprint density at radius 1 is 1.03 bits per heavy atom. The number of hydrogen-bond donors (Lipinski definition) is 11. The van der Waals surface area contributed by atoms with E-state index >= 15 is 0 Å². The first-order valence-corrected chi connectivity index (χ1v) is 9.69. The molecule has 11 N–H and O–H groups in total. The summed E-state index contributed by atoms with van der Waals surface area (Å²) in [6, 6.07) is -1.47. The number of hydrogen-bond acceptors (Lipinski definition) is 13. The number of amides is 1. The van der Waals surface area contributed by atoms with E-state index in [0.717, 1.165) is 6.92 Å². The topological polar surface area (TPSA) is 267 Å². The summed E-state index contributed by atoms with van der Waals surface area (Å²) in [6.07, 6.45) is -20.9. The first-order chi connectivity index (χ1) is 14.8. The van der Waals surface area contributed by atoms with E-state index in [1.54, 1.807) is 0 Å². The summed E-state index contributed by atoms with van der Waals surface area (Å²) in [5.41, 5.74) is 0. The number of aliphatic hydroxyl groups is 9. The molecule has 0 spiro atoms. The molecule has 1 saturated carbocycles. The van der Waals surface area contributed by atoms with Crippen molar-refractivity contribution < 1.29 is 70.1 Å². The SMILES string of the molecule is CC(=O)N[C@H]1[C@H]([C@H](O)[C@H](O)CO)O[C@@](OC2[C@@H](O)[C@H](O)C(O)[C@H](O)[C@@H]2O)(C(=O)O)C[C@@H]1O. The van der Waals surface area contributed by atoms with Crippen molar-refractivity contribution in [2.75, 3.05) is 6.61 Å². The fourth-order valence-corrected chi connectivity index (χ4v) is 3.80. The van der Waals surface area contributed by atoms with Crippen LogP contribution in [0.15, 0.2) is 0 Å². The number of ether oxygens (including phenoxy) is 2. The molecular formula is C17H29NO14. The van der Waals surface area contributed by atoms with Gasteiger partial charge in [-0.05, 0) is 0 Å². The minimum atomic E-state index is -2.93. The predicted octanol–water partition coefficient (Wildman–Crippen LogP) is -6.66. The molecule has 2 unspecified atom stereocenters. The van der Waals surface area contributed by atoms with Crippen LogP contribution in [0.4, 0.5) is 0 Å². The van der Waals surface area contributed by atoms with Crippen molar-refractivity contribution in [3.63, 3.8) is 0 Å². The molecule has 15 nitrogen and oxygen atoms in total. The fourth-order valence-electron chi connectivity index (χ4n) is 3.80. The van der Waals surface area contributed by atoms with E-state index in [9.17, 15) is 55.5 Å². The molecule has 15 heteroatoms. The van der Waals surface area contributed by atoms with Gasteiger partial charge in [0, 0.05) is 13.3 Å². The van der Waals surface area contributed by atoms with Gasteiger partial charge in [-0.1, -0.05) is 0 Å². The molecule has 0 bridgehead atoms. The molecule has 12 atom stereocenters. The molecule has 1 heterocycles. The summed E-state index contributed by atoms with van der Waals surface area (Å²) in [4.78, 5) is 23.6. The van der Waals surface area contributed by atoms with Gasteiger partial charge in [-0.15, -0.1) is 0 Å². The first kappa shape index (κ1) is 26.7. The minimum Gasteiger partial charge on any atom is -0.477 e. The third kappa shape index (κ3) is 5.02. The van der Waals surface area contributed by atoms with Crippen LogP contribution in [0.1, 0.15) is 13.3 Å². The maximum Gasteiger partial charge on any atom is 0.364 e. The van der Waals surface area contributed by atoms with Gasteiger partial charge < -0.3 is 65.9 Å². The van der Waals surface area contributed by atoms with Gasteiger partial charge in [0.1, 0.15) is 54.9 Å². The quantitative estimate of drug-likeness (QED) is 0.165. The van der Waals surface area contributed by atoms with Crippen LogP contribution in [0, 0.1) is 0 Å². The van der Waals surface area contributed by atoms with Gasteiger partial charge in [-0.3, -0.25) is 4.79 Å². The van der Waals surface area contributed by atoms with E-state index < -0.39 is 97.8 Å². The van der Waals surface area contributed by atoms with Crippen LogP contribution < -0.4 is 5.32 Å². The highest BCUT2D eigenvalue weighted by Gasteiger charge is 2.59. The fraction of sp³-hybridized carbons (Fsp3) is 0.882. The second-order valence-electron chi connectivity index (χ2n) is 7.91. The Morgan fingerprint density at radius 2 is 1.53 bits per heavy atom. The van der Waals surface area contributed by atoms with E-state index in [4.69, 9.17) is 14.6 Å². The van der Waals surface area contributed by atoms with Crippen molar-refractivity contribution in [2.45, 2.75) is 86.2 Å². The van der Waals surface area contributed by atoms with Crippen molar-refractivity contribution in [2.24, 2.45) is 0 Å². The number of rotatable bonds is 7. The predicted molar refractivity (Wildman–Crippen MR) is 97.5 cm³/mol. The number of nitrogens with one attached hydrogen (secondary N) is 1. The molecule has 1 aliphatic carbocycles. The van der Waals surface area contributed by atoms with Gasteiger partial charge in [-0.25, -0.2) is 4.79 Å². The largest absolute Gasteiger partial charge is 0.477 e. The summed E-state index contributed by atoms with van der Waals surface area (Å²) in [6.45, 7) is 0.0538. The van der Waals surface area contributed by atoms with Crippen molar-refractivity contribution in [3.05, 3.63) is 0 Å². The van der Waals surface area contributed by atoms with Gasteiger partial charge in [0.25, 0.3) is 5.79 Å². The van der Waals surface area contributed by atoms with Crippen LogP contribution >= 0.6 is 0 Å². The summed E-state index contributed by atoms with van der Waals surface area (Å²) in [5.74, 6) is -5.57. The molecule has 1 saturated heterocycles. The lowest BCUT2D eigenvalue weighted by Gasteiger charge is -2.49. The second kappa shape index (κ2) is 10.2. The lowest BCUT2D eigenvalue weighted by molar-refractivity contribution is -0.351. The Kier molecular flexibility index (Phi) is 8.52. The molecule has 0 aromatic heterocycles. The normalized spacial score (nSPS) is 44.5. The van der Waals surface area contributed by atoms with Crippen LogP contribution in [0.2, 0.25) is 0 Å². The smallest absolute Gasteiger partial charge is 0.364 e. The molecule has 186 valence electrons. The Balaban J connectivity index is 2.43. The number of aliphatic carboxylic acids is 1. The zero-order valence-electron chi connectivity index (χ0n) is 16.9. The van der Waals surface area contributed by atoms with E-state index in [1.165, 1.54) is 0 Å². The van der Waals surface area contributed by atoms with E-state index in [1.807, 2.05) is 0 Å². The summed E-state index contributed by atoms with van der Waals surface area (Å²) >= 11 is 0. The number of carboxylic acids is 1. The van der Waals surface area contributed by atoms with Crippen molar-refractivity contribution in [3.8, 4) is 0 Å². The highest BCUT2D eigenvalue weighted by atomic mass is 16.7. The molecule has 1 amide bonds. The number of aliphatic hydroxyl groups excluding tert-OH is 9. The van der Waals surface area contributed by atoms with E-state index in [-0.39, 0.29) is 0 Å². The van der Waals surface area contributed by atoms with Crippen LogP contribution in [-0.2, 0) is 19.1 Å². The maximum absolute atomic E-state index is 12.1. The van der Waals surface area contributed by atoms with Crippen LogP contribution in [-0.4, -0.2) is 142 Å². The van der Waals surface area contributed by atoms with Gasteiger partial charge in [0.15, 0.2) is 0 Å². The standard InChI is InChI=1S/C17H29NO14/c1-4(20)18-7-5(21)2-17(16(29)30,31-14(7)8(23)6(22)3-19)32-15-12(27)10(25)9(24)11(26)13(15)28/h5-15,19,21-28H,2-3H2,1H3,(H,18,20)(H,29,30)/t5-,6+,7+,8+,9?,10-,11+,12-,13-,14+,15?,17-/m0/s1. The van der Waals surface area contributed by atoms with Crippen LogP contribution in [0.5, 0.6) is 0 Å². The molecule has 2 fully saturated rings. The van der Waals surface area contributed by atoms with Crippen molar-refractivity contribution in [1.82, 2.24) is 5.32 Å².